The second-order valence-electron chi connectivity index (χ2n) is 18.2. The van der Waals surface area contributed by atoms with Gasteiger partial charge >= 0.3 is 0 Å². The van der Waals surface area contributed by atoms with Gasteiger partial charge in [-0.15, -0.1) is 0 Å². The van der Waals surface area contributed by atoms with E-state index < -0.39 is 0 Å². The Morgan fingerprint density at radius 2 is 0.971 bits per heavy atom. The first kappa shape index (κ1) is 50.9. The molecule has 4 aliphatic rings. The zero-order chi connectivity index (χ0) is 49.5. The zero-order valence-corrected chi connectivity index (χ0v) is 40.9. The van der Waals surface area contributed by atoms with Crippen molar-refractivity contribution in [1.29, 1.82) is 0 Å². The Bertz CT molecular complexity index is 2600. The van der Waals surface area contributed by atoms with Crippen LogP contribution >= 0.6 is 23.2 Å². The average Bonchev–Trinajstić information content (AvgIpc) is 3.28. The molecule has 0 radical (unpaired) electrons. The minimum Gasteiger partial charge on any atom is -0.339 e. The van der Waals surface area contributed by atoms with Crippen molar-refractivity contribution < 1.29 is 32.8 Å². The van der Waals surface area contributed by atoms with Crippen molar-refractivity contribution in [3.63, 3.8) is 0 Å². The number of hydrogen-bond donors (Lipinski definition) is 3. The minimum absolute atomic E-state index is 0.00351. The lowest BCUT2D eigenvalue weighted by molar-refractivity contribution is -0.149. The number of nitrogens with zero attached hydrogens (tertiary/aromatic N) is 5. The van der Waals surface area contributed by atoms with Gasteiger partial charge in [-0.25, -0.2) is 8.78 Å². The van der Waals surface area contributed by atoms with E-state index in [4.69, 9.17) is 23.2 Å². The standard InChI is InChI=1S/C27H30ClFN4O3.C25H28ClFN4O2/c1-17-10-21(26(11-25(17)28)30-18(2)34)6-9-27(36)33-23-13-31(12-20-4-7-22(29)8-5-20)14-24(33)16-32(15-23)19(3)35;1-16-9-19(24(10-23(16)26)29-17(2)32)5-8-25(33)31-21-11-28-12-22(31)15-30(14-21)13-18-3-6-20(27)7-4-18/h4-11,23-24H,12-16H2,1-3H3,(H,30,34);3-10,21-22,28H,11-15H2,1-2H3,(H,29,32)/b9-6+;8-5+. The van der Waals surface area contributed by atoms with Gasteiger partial charge in [0.1, 0.15) is 11.6 Å². The summed E-state index contributed by atoms with van der Waals surface area (Å²) in [6.07, 6.45) is 6.53. The summed E-state index contributed by atoms with van der Waals surface area (Å²) in [4.78, 5) is 72.2. The highest BCUT2D eigenvalue weighted by atomic mass is 35.5. The molecule has 4 unspecified atom stereocenters. The van der Waals surface area contributed by atoms with Crippen molar-refractivity contribution in [1.82, 2.24) is 29.8 Å². The van der Waals surface area contributed by atoms with Crippen LogP contribution < -0.4 is 16.0 Å². The molecule has 0 aliphatic carbocycles. The van der Waals surface area contributed by atoms with Crippen LogP contribution in [-0.2, 0) is 37.1 Å². The van der Waals surface area contributed by atoms with E-state index in [-0.39, 0.29) is 65.3 Å². The third-order valence-corrected chi connectivity index (χ3v) is 13.6. The fraction of sp³-hybridized carbons (Fsp3) is 0.365. The SMILES string of the molecule is CC(=O)Nc1cc(Cl)c(C)cc1/C=C/C(=O)N1C2CN(Cc3ccc(F)cc3)CC1CN(C(C)=O)C2.CC(=O)Nc1cc(Cl)c(C)cc1/C=C/C(=O)N1C2CNCC1CN(Cc1ccc(F)cc1)C2. The molecule has 8 rings (SSSR count). The van der Waals surface area contributed by atoms with Crippen LogP contribution in [0.3, 0.4) is 0 Å². The largest absolute Gasteiger partial charge is 0.339 e. The number of benzene rings is 4. The maximum absolute atomic E-state index is 13.4. The number of piperazine rings is 4. The summed E-state index contributed by atoms with van der Waals surface area (Å²) in [6.45, 7) is 14.6. The van der Waals surface area contributed by atoms with Gasteiger partial charge in [0, 0.05) is 120 Å². The van der Waals surface area contributed by atoms with Gasteiger partial charge in [0.15, 0.2) is 0 Å². The molecule has 4 bridgehead atoms. The number of fused-ring (bicyclic) bond motifs is 4. The molecule has 5 amide bonds. The molecule has 17 heteroatoms. The van der Waals surface area contributed by atoms with Gasteiger partial charge in [0.05, 0.1) is 24.2 Å². The number of amides is 5. The van der Waals surface area contributed by atoms with Crippen molar-refractivity contribution in [2.24, 2.45) is 0 Å². The molecule has 4 aromatic rings. The van der Waals surface area contributed by atoms with E-state index in [2.05, 4.69) is 25.8 Å². The fourth-order valence-electron chi connectivity index (χ4n) is 9.61. The molecule has 4 atom stereocenters. The summed E-state index contributed by atoms with van der Waals surface area (Å²) in [5.74, 6) is -1.13. The molecule has 69 heavy (non-hydrogen) atoms. The van der Waals surface area contributed by atoms with Crippen LogP contribution in [0.5, 0.6) is 0 Å². The van der Waals surface area contributed by atoms with Gasteiger partial charge in [0.25, 0.3) is 0 Å². The van der Waals surface area contributed by atoms with Gasteiger partial charge in [0.2, 0.25) is 29.5 Å². The molecule has 13 nitrogen and oxygen atoms in total. The first-order valence-electron chi connectivity index (χ1n) is 23.0. The summed E-state index contributed by atoms with van der Waals surface area (Å²) in [7, 11) is 0. The molecule has 4 fully saturated rings. The number of nitrogens with one attached hydrogen (secondary N) is 3. The summed E-state index contributed by atoms with van der Waals surface area (Å²) < 4.78 is 26.5. The van der Waals surface area contributed by atoms with Crippen LogP contribution in [0.1, 0.15) is 54.2 Å². The van der Waals surface area contributed by atoms with E-state index in [1.807, 2.05) is 47.9 Å². The highest BCUT2D eigenvalue weighted by Crippen LogP contribution is 2.30. The molecule has 4 aromatic carbocycles. The summed E-state index contributed by atoms with van der Waals surface area (Å²) in [5.41, 5.74) is 6.30. The van der Waals surface area contributed by atoms with Gasteiger partial charge in [-0.3, -0.25) is 33.8 Å². The van der Waals surface area contributed by atoms with E-state index >= 15 is 0 Å². The predicted molar refractivity (Wildman–Crippen MR) is 266 cm³/mol. The van der Waals surface area contributed by atoms with Gasteiger partial charge in [-0.2, -0.15) is 0 Å². The Labute approximate surface area is 412 Å². The van der Waals surface area contributed by atoms with Gasteiger partial charge < -0.3 is 30.7 Å². The zero-order valence-electron chi connectivity index (χ0n) is 39.4. The minimum atomic E-state index is -0.271. The first-order chi connectivity index (χ1) is 32.9. The maximum atomic E-state index is 13.4. The molecule has 364 valence electrons. The van der Waals surface area contributed by atoms with Gasteiger partial charge in [-0.1, -0.05) is 47.5 Å². The monoisotopic (exact) mass is 982 g/mol. The van der Waals surface area contributed by atoms with Crippen LogP contribution in [0.15, 0.2) is 84.9 Å². The molecule has 0 spiro atoms. The lowest BCUT2D eigenvalue weighted by Gasteiger charge is -2.52. The Kier molecular flexibility index (Phi) is 16.7. The first-order valence-corrected chi connectivity index (χ1v) is 23.7. The van der Waals surface area contributed by atoms with Crippen molar-refractivity contribution in [3.05, 3.63) is 140 Å². The molecule has 3 N–H and O–H groups in total. The summed E-state index contributed by atoms with van der Waals surface area (Å²) in [5, 5.41) is 10.0. The van der Waals surface area contributed by atoms with E-state index in [0.717, 1.165) is 60.5 Å². The number of hydrogen-bond acceptors (Lipinski definition) is 8. The third-order valence-electron chi connectivity index (χ3n) is 12.8. The van der Waals surface area contributed by atoms with Crippen LogP contribution in [0, 0.1) is 25.5 Å². The lowest BCUT2D eigenvalue weighted by atomic mass is 9.98. The molecule has 0 aromatic heterocycles. The Morgan fingerprint density at radius 1 is 0.594 bits per heavy atom. The quantitative estimate of drug-likeness (QED) is 0.143. The number of carbonyl (C=O) groups is 5. The van der Waals surface area contributed by atoms with Crippen LogP contribution in [0.2, 0.25) is 10.0 Å². The molecular weight excluding hydrogens is 926 g/mol. The van der Waals surface area contributed by atoms with Crippen LogP contribution in [-0.4, -0.2) is 131 Å². The van der Waals surface area contributed by atoms with Crippen molar-refractivity contribution in [3.8, 4) is 0 Å². The predicted octanol–water partition coefficient (Wildman–Crippen LogP) is 7.15. The number of aryl methyl sites for hydroxylation is 2. The van der Waals surface area contributed by atoms with Crippen LogP contribution in [0.4, 0.5) is 20.2 Å². The highest BCUT2D eigenvalue weighted by Gasteiger charge is 2.43. The van der Waals surface area contributed by atoms with E-state index in [9.17, 15) is 32.8 Å². The number of halogens is 4. The molecular formula is C52H58Cl2F2N8O5. The fourth-order valence-corrected chi connectivity index (χ4v) is 9.94. The van der Waals surface area contributed by atoms with Crippen molar-refractivity contribution >= 4 is 76.3 Å². The van der Waals surface area contributed by atoms with Crippen molar-refractivity contribution in [2.75, 3.05) is 63.0 Å². The molecule has 4 heterocycles. The Morgan fingerprint density at radius 3 is 1.35 bits per heavy atom. The molecule has 4 saturated heterocycles. The average molecular weight is 984 g/mol. The maximum Gasteiger partial charge on any atom is 0.247 e. The second kappa shape index (κ2) is 22.6. The number of carbonyl (C=O) groups excluding carboxylic acids is 5. The summed E-state index contributed by atoms with van der Waals surface area (Å²) >= 11 is 12.4. The summed E-state index contributed by atoms with van der Waals surface area (Å²) in [6, 6.07) is 19.9. The smallest absolute Gasteiger partial charge is 0.247 e. The highest BCUT2D eigenvalue weighted by molar-refractivity contribution is 6.32. The second-order valence-corrected chi connectivity index (χ2v) is 19.1. The van der Waals surface area contributed by atoms with E-state index in [1.165, 1.54) is 44.2 Å². The number of rotatable bonds is 10. The van der Waals surface area contributed by atoms with Gasteiger partial charge in [-0.05, 0) is 108 Å². The normalized spacial score (nSPS) is 20.4. The Balaban J connectivity index is 0.000000205. The van der Waals surface area contributed by atoms with E-state index in [1.54, 1.807) is 54.3 Å². The number of anilines is 2. The topological polar surface area (TPSA) is 138 Å². The van der Waals surface area contributed by atoms with Crippen molar-refractivity contribution in [2.45, 2.75) is 71.9 Å². The lowest BCUT2D eigenvalue weighted by Crippen LogP contribution is -2.69. The van der Waals surface area contributed by atoms with Crippen LogP contribution in [0.25, 0.3) is 12.2 Å². The third kappa shape index (κ3) is 13.2. The molecule has 4 aliphatic heterocycles. The Hall–Kier alpha value is -5.97. The molecule has 0 saturated carbocycles. The van der Waals surface area contributed by atoms with E-state index in [0.29, 0.717) is 59.7 Å².